The summed E-state index contributed by atoms with van der Waals surface area (Å²) in [5, 5.41) is 0.569. The number of amides is 1. The first-order valence-electron chi connectivity index (χ1n) is 7.53. The van der Waals surface area contributed by atoms with Gasteiger partial charge >= 0.3 is 0 Å². The van der Waals surface area contributed by atoms with Crippen molar-refractivity contribution in [1.82, 2.24) is 9.88 Å². The fourth-order valence-electron chi connectivity index (χ4n) is 2.75. The second-order valence-corrected chi connectivity index (χ2v) is 8.37. The zero-order chi connectivity index (χ0) is 17.3. The molecule has 24 heavy (non-hydrogen) atoms. The number of fused-ring (bicyclic) bond motifs is 1. The maximum atomic E-state index is 12.5. The van der Waals surface area contributed by atoms with Gasteiger partial charge in [-0.05, 0) is 29.3 Å². The van der Waals surface area contributed by atoms with Gasteiger partial charge in [0.1, 0.15) is 0 Å². The largest absolute Gasteiger partial charge is 0.338 e. The second kappa shape index (κ2) is 6.53. The van der Waals surface area contributed by atoms with Crippen LogP contribution in [0.5, 0.6) is 0 Å². The maximum Gasteiger partial charge on any atom is 0.227 e. The molecule has 0 saturated carbocycles. The first-order valence-corrected chi connectivity index (χ1v) is 9.80. The first kappa shape index (κ1) is 16.9. The highest BCUT2D eigenvalue weighted by atomic mass is 35.5. The van der Waals surface area contributed by atoms with Crippen molar-refractivity contribution in [2.75, 3.05) is 12.8 Å². The highest BCUT2D eigenvalue weighted by molar-refractivity contribution is 7.90. The molecule has 0 spiro atoms. The molecule has 0 radical (unpaired) electrons. The van der Waals surface area contributed by atoms with E-state index in [1.807, 2.05) is 6.07 Å². The summed E-state index contributed by atoms with van der Waals surface area (Å²) in [4.78, 5) is 18.8. The molecule has 0 unspecified atom stereocenters. The lowest BCUT2D eigenvalue weighted by molar-refractivity contribution is -0.131. The number of rotatable bonds is 3. The maximum absolute atomic E-state index is 12.5. The van der Waals surface area contributed by atoms with E-state index in [9.17, 15) is 13.2 Å². The number of halogens is 1. The zero-order valence-corrected chi connectivity index (χ0v) is 14.8. The molecule has 1 aliphatic heterocycles. The van der Waals surface area contributed by atoms with Crippen molar-refractivity contribution in [1.29, 1.82) is 0 Å². The van der Waals surface area contributed by atoms with E-state index in [1.54, 1.807) is 23.2 Å². The molecule has 0 saturated heterocycles. The Bertz CT molecular complexity index is 879. The van der Waals surface area contributed by atoms with E-state index in [2.05, 4.69) is 4.98 Å². The minimum absolute atomic E-state index is 0.00716. The number of hydrogen-bond donors (Lipinski definition) is 0. The Hall–Kier alpha value is -1.92. The van der Waals surface area contributed by atoms with E-state index in [-0.39, 0.29) is 17.2 Å². The molecule has 0 bridgehead atoms. The zero-order valence-electron chi connectivity index (χ0n) is 13.2. The summed E-state index contributed by atoms with van der Waals surface area (Å²) in [5.41, 5.74) is 2.76. The lowest BCUT2D eigenvalue weighted by atomic mass is 10.0. The van der Waals surface area contributed by atoms with Gasteiger partial charge in [-0.25, -0.2) is 8.42 Å². The summed E-state index contributed by atoms with van der Waals surface area (Å²) in [6, 6.07) is 8.29. The topological polar surface area (TPSA) is 67.3 Å². The molecule has 5 nitrogen and oxygen atoms in total. The van der Waals surface area contributed by atoms with Gasteiger partial charge in [0, 0.05) is 37.7 Å². The number of aromatic nitrogens is 1. The molecule has 2 heterocycles. The Morgan fingerprint density at radius 2 is 2.00 bits per heavy atom. The summed E-state index contributed by atoms with van der Waals surface area (Å²) in [5.74, 6) is 0.00716. The molecule has 1 amide bonds. The van der Waals surface area contributed by atoms with Crippen LogP contribution in [0.1, 0.15) is 16.8 Å². The van der Waals surface area contributed by atoms with Crippen LogP contribution in [-0.2, 0) is 34.0 Å². The summed E-state index contributed by atoms with van der Waals surface area (Å²) < 4.78 is 22.9. The molecule has 1 aromatic heterocycles. The van der Waals surface area contributed by atoms with E-state index in [4.69, 9.17) is 11.6 Å². The monoisotopic (exact) mass is 364 g/mol. The molecular formula is C17H17ClN2O3S. The minimum atomic E-state index is -3.22. The van der Waals surface area contributed by atoms with Crippen molar-refractivity contribution in [2.24, 2.45) is 0 Å². The predicted molar refractivity (Wildman–Crippen MR) is 91.6 cm³/mol. The molecule has 0 N–H and O–H groups in total. The lowest BCUT2D eigenvalue weighted by Crippen LogP contribution is -2.37. The third-order valence-corrected chi connectivity index (χ3v) is 5.40. The van der Waals surface area contributed by atoms with Gasteiger partial charge in [0.05, 0.1) is 16.3 Å². The van der Waals surface area contributed by atoms with Crippen LogP contribution in [0.25, 0.3) is 0 Å². The summed E-state index contributed by atoms with van der Waals surface area (Å²) in [6.45, 7) is 1.13. The van der Waals surface area contributed by atoms with Crippen molar-refractivity contribution >= 4 is 27.3 Å². The van der Waals surface area contributed by atoms with Crippen LogP contribution in [0.4, 0.5) is 0 Å². The number of nitrogens with zero attached hydrogens (tertiary/aromatic N) is 2. The van der Waals surface area contributed by atoms with Crippen LogP contribution >= 0.6 is 11.6 Å². The third kappa shape index (κ3) is 3.76. The highest BCUT2D eigenvalue weighted by Crippen LogP contribution is 2.21. The number of sulfone groups is 1. The average molecular weight is 365 g/mol. The van der Waals surface area contributed by atoms with Crippen LogP contribution in [0, 0.1) is 0 Å². The summed E-state index contributed by atoms with van der Waals surface area (Å²) in [6.07, 6.45) is 3.75. The summed E-state index contributed by atoms with van der Waals surface area (Å²) in [7, 11) is -3.22. The fourth-order valence-corrected chi connectivity index (χ4v) is 3.56. The number of hydrogen-bond acceptors (Lipinski definition) is 4. The molecule has 1 aliphatic rings. The SMILES string of the molecule is CS(=O)(=O)c1ccc(CC(=O)N2CCc3ncc(Cl)cc3C2)cc1. The predicted octanol–water partition coefficient (Wildman–Crippen LogP) is 2.27. The first-order chi connectivity index (χ1) is 11.3. The van der Waals surface area contributed by atoms with Crippen LogP contribution in [-0.4, -0.2) is 37.0 Å². The second-order valence-electron chi connectivity index (χ2n) is 5.92. The molecule has 0 aliphatic carbocycles. The lowest BCUT2D eigenvalue weighted by Gasteiger charge is -2.28. The van der Waals surface area contributed by atoms with Gasteiger partial charge in [-0.1, -0.05) is 23.7 Å². The number of carbonyl (C=O) groups is 1. The summed E-state index contributed by atoms with van der Waals surface area (Å²) >= 11 is 5.97. The third-order valence-electron chi connectivity index (χ3n) is 4.07. The molecule has 126 valence electrons. The van der Waals surface area contributed by atoms with Crippen LogP contribution in [0.3, 0.4) is 0 Å². The van der Waals surface area contributed by atoms with Crippen LogP contribution in [0.2, 0.25) is 5.02 Å². The molecule has 2 aromatic rings. The standard InChI is InChI=1S/C17H17ClN2O3S/c1-24(22,23)15-4-2-12(3-5-15)8-17(21)20-7-6-16-13(11-20)9-14(18)10-19-16/h2-5,9-10H,6-8,11H2,1H3. The van der Waals surface area contributed by atoms with E-state index in [1.165, 1.54) is 12.1 Å². The van der Waals surface area contributed by atoms with Crippen LogP contribution < -0.4 is 0 Å². The Labute approximate surface area is 146 Å². The Morgan fingerprint density at radius 3 is 2.67 bits per heavy atom. The average Bonchev–Trinajstić information content (AvgIpc) is 2.53. The van der Waals surface area contributed by atoms with Gasteiger partial charge < -0.3 is 4.90 Å². The Morgan fingerprint density at radius 1 is 1.29 bits per heavy atom. The van der Waals surface area contributed by atoms with Gasteiger partial charge in [-0.2, -0.15) is 0 Å². The quantitative estimate of drug-likeness (QED) is 0.837. The van der Waals surface area contributed by atoms with Crippen molar-refractivity contribution in [3.8, 4) is 0 Å². The minimum Gasteiger partial charge on any atom is -0.338 e. The van der Waals surface area contributed by atoms with Crippen molar-refractivity contribution < 1.29 is 13.2 Å². The molecule has 3 rings (SSSR count). The van der Waals surface area contributed by atoms with Gasteiger partial charge in [0.15, 0.2) is 9.84 Å². The number of carbonyl (C=O) groups excluding carboxylic acids is 1. The number of benzene rings is 1. The van der Waals surface area contributed by atoms with Crippen molar-refractivity contribution in [3.63, 3.8) is 0 Å². The van der Waals surface area contributed by atoms with Gasteiger partial charge in [-0.3, -0.25) is 9.78 Å². The highest BCUT2D eigenvalue weighted by Gasteiger charge is 2.22. The van der Waals surface area contributed by atoms with Crippen molar-refractivity contribution in [3.05, 3.63) is 58.4 Å². The van der Waals surface area contributed by atoms with E-state index < -0.39 is 9.84 Å². The van der Waals surface area contributed by atoms with Gasteiger partial charge in [0.25, 0.3) is 0 Å². The van der Waals surface area contributed by atoms with Gasteiger partial charge in [0.2, 0.25) is 5.91 Å². The number of pyridine rings is 1. The van der Waals surface area contributed by atoms with Gasteiger partial charge in [-0.15, -0.1) is 0 Å². The van der Waals surface area contributed by atoms with Crippen molar-refractivity contribution in [2.45, 2.75) is 24.3 Å². The molecule has 0 atom stereocenters. The Balaban J connectivity index is 1.70. The van der Waals surface area contributed by atoms with E-state index >= 15 is 0 Å². The smallest absolute Gasteiger partial charge is 0.227 e. The fraction of sp³-hybridized carbons (Fsp3) is 0.294. The molecule has 0 fully saturated rings. The Kier molecular flexibility index (Phi) is 4.60. The molecule has 1 aromatic carbocycles. The van der Waals surface area contributed by atoms with E-state index in [0.717, 1.165) is 23.1 Å². The molecule has 7 heteroatoms. The van der Waals surface area contributed by atoms with Crippen LogP contribution in [0.15, 0.2) is 41.4 Å². The molecular weight excluding hydrogens is 348 g/mol. The normalized spacial score (nSPS) is 14.3. The van der Waals surface area contributed by atoms with E-state index in [0.29, 0.717) is 24.5 Å².